The zero-order valence-electron chi connectivity index (χ0n) is 15.6. The van der Waals surface area contributed by atoms with Crippen molar-refractivity contribution in [2.24, 2.45) is 10.7 Å². The van der Waals surface area contributed by atoms with Crippen LogP contribution in [0.3, 0.4) is 0 Å². The molecule has 6 heteroatoms. The van der Waals surface area contributed by atoms with E-state index < -0.39 is 0 Å². The van der Waals surface area contributed by atoms with E-state index in [1.807, 2.05) is 63.2 Å². The van der Waals surface area contributed by atoms with Gasteiger partial charge < -0.3 is 25.3 Å². The van der Waals surface area contributed by atoms with Crippen LogP contribution in [-0.2, 0) is 0 Å². The van der Waals surface area contributed by atoms with Crippen LogP contribution < -0.4 is 25.3 Å². The van der Waals surface area contributed by atoms with Crippen LogP contribution in [0, 0.1) is 6.92 Å². The molecule has 3 N–H and O–H groups in total. The van der Waals surface area contributed by atoms with Crippen molar-refractivity contribution in [1.29, 1.82) is 0 Å². The van der Waals surface area contributed by atoms with E-state index in [2.05, 4.69) is 10.3 Å². The van der Waals surface area contributed by atoms with Crippen molar-refractivity contribution in [2.75, 3.05) is 31.7 Å². The number of rotatable bonds is 9. The third-order valence-corrected chi connectivity index (χ3v) is 3.49. The SMILES string of the molecule is CCOc1ccc(OCC)c(NC(N)=NCCOc2ccc(C)cc2)c1. The lowest BCUT2D eigenvalue weighted by atomic mass is 10.2. The monoisotopic (exact) mass is 357 g/mol. The highest BCUT2D eigenvalue weighted by atomic mass is 16.5. The average Bonchev–Trinajstić information content (AvgIpc) is 2.63. The number of nitrogens with zero attached hydrogens (tertiary/aromatic N) is 1. The first kappa shape index (κ1) is 19.4. The van der Waals surface area contributed by atoms with Gasteiger partial charge in [0.2, 0.25) is 0 Å². The van der Waals surface area contributed by atoms with E-state index in [9.17, 15) is 0 Å². The molecule has 0 heterocycles. The second kappa shape index (κ2) is 10.2. The molecule has 0 fully saturated rings. The number of aryl methyl sites for hydroxylation is 1. The molecule has 0 spiro atoms. The molecule has 0 aliphatic rings. The summed E-state index contributed by atoms with van der Waals surface area (Å²) in [5, 5.41) is 3.07. The van der Waals surface area contributed by atoms with Crippen LogP contribution in [0.2, 0.25) is 0 Å². The molecule has 0 aromatic heterocycles. The molecule has 0 radical (unpaired) electrons. The standard InChI is InChI=1S/C20H27N3O3/c1-4-24-17-10-11-19(25-5-2)18(14-17)23-20(21)22-12-13-26-16-8-6-15(3)7-9-16/h6-11,14H,4-5,12-13H2,1-3H3,(H3,21,22,23). The van der Waals surface area contributed by atoms with Gasteiger partial charge in [-0.3, -0.25) is 0 Å². The highest BCUT2D eigenvalue weighted by molar-refractivity contribution is 5.94. The lowest BCUT2D eigenvalue weighted by molar-refractivity contribution is 0.328. The van der Waals surface area contributed by atoms with Crippen molar-refractivity contribution < 1.29 is 14.2 Å². The van der Waals surface area contributed by atoms with Crippen molar-refractivity contribution in [3.8, 4) is 17.2 Å². The summed E-state index contributed by atoms with van der Waals surface area (Å²) < 4.78 is 16.8. The molecule has 140 valence electrons. The Hall–Kier alpha value is -2.89. The quantitative estimate of drug-likeness (QED) is 0.407. The van der Waals surface area contributed by atoms with Crippen LogP contribution in [0.25, 0.3) is 0 Å². The molecule has 0 atom stereocenters. The molecule has 2 aromatic rings. The zero-order chi connectivity index (χ0) is 18.8. The smallest absolute Gasteiger partial charge is 0.193 e. The van der Waals surface area contributed by atoms with Crippen molar-refractivity contribution in [3.63, 3.8) is 0 Å². The second-order valence-electron chi connectivity index (χ2n) is 5.58. The molecule has 0 aliphatic heterocycles. The Morgan fingerprint density at radius 1 is 0.962 bits per heavy atom. The summed E-state index contributed by atoms with van der Waals surface area (Å²) in [5.41, 5.74) is 7.90. The van der Waals surface area contributed by atoms with Gasteiger partial charge in [0.05, 0.1) is 25.4 Å². The van der Waals surface area contributed by atoms with E-state index in [4.69, 9.17) is 19.9 Å². The molecule has 0 saturated heterocycles. The van der Waals surface area contributed by atoms with Crippen molar-refractivity contribution in [2.45, 2.75) is 20.8 Å². The van der Waals surface area contributed by atoms with Gasteiger partial charge in [-0.2, -0.15) is 0 Å². The van der Waals surface area contributed by atoms with Gasteiger partial charge in [0.1, 0.15) is 23.9 Å². The van der Waals surface area contributed by atoms with Gasteiger partial charge in [-0.1, -0.05) is 17.7 Å². The molecule has 6 nitrogen and oxygen atoms in total. The van der Waals surface area contributed by atoms with Crippen LogP contribution in [0.15, 0.2) is 47.5 Å². The Labute approximate surface area is 155 Å². The van der Waals surface area contributed by atoms with Gasteiger partial charge in [-0.05, 0) is 45.0 Å². The predicted molar refractivity (Wildman–Crippen MR) is 106 cm³/mol. The van der Waals surface area contributed by atoms with Gasteiger partial charge in [0.15, 0.2) is 5.96 Å². The van der Waals surface area contributed by atoms with Crippen LogP contribution in [0.5, 0.6) is 17.2 Å². The van der Waals surface area contributed by atoms with Gasteiger partial charge >= 0.3 is 0 Å². The minimum atomic E-state index is 0.298. The van der Waals surface area contributed by atoms with E-state index in [0.717, 1.165) is 17.2 Å². The molecule has 2 aromatic carbocycles. The summed E-state index contributed by atoms with van der Waals surface area (Å²) in [7, 11) is 0. The fourth-order valence-corrected chi connectivity index (χ4v) is 2.29. The van der Waals surface area contributed by atoms with Crippen molar-refractivity contribution in [3.05, 3.63) is 48.0 Å². The molecule has 0 bridgehead atoms. The van der Waals surface area contributed by atoms with Crippen LogP contribution in [0.1, 0.15) is 19.4 Å². The minimum absolute atomic E-state index is 0.298. The first-order chi connectivity index (χ1) is 12.6. The topological polar surface area (TPSA) is 78.1 Å². The van der Waals surface area contributed by atoms with Crippen molar-refractivity contribution in [1.82, 2.24) is 0 Å². The summed E-state index contributed by atoms with van der Waals surface area (Å²) in [4.78, 5) is 4.29. The number of nitrogens with two attached hydrogens (primary N) is 1. The number of benzene rings is 2. The summed E-state index contributed by atoms with van der Waals surface area (Å²) in [5.74, 6) is 2.56. The Balaban J connectivity index is 1.92. The maximum atomic E-state index is 5.98. The third-order valence-electron chi connectivity index (χ3n) is 3.49. The van der Waals surface area contributed by atoms with E-state index in [1.54, 1.807) is 0 Å². The molecule has 26 heavy (non-hydrogen) atoms. The number of aliphatic imine (C=N–C) groups is 1. The lowest BCUT2D eigenvalue weighted by Gasteiger charge is -2.14. The fourth-order valence-electron chi connectivity index (χ4n) is 2.29. The van der Waals surface area contributed by atoms with Crippen LogP contribution in [0.4, 0.5) is 5.69 Å². The second-order valence-corrected chi connectivity index (χ2v) is 5.58. The van der Waals surface area contributed by atoms with E-state index in [-0.39, 0.29) is 0 Å². The Morgan fingerprint density at radius 3 is 2.35 bits per heavy atom. The highest BCUT2D eigenvalue weighted by Crippen LogP contribution is 2.29. The molecule has 2 rings (SSSR count). The summed E-state index contributed by atoms with van der Waals surface area (Å²) in [6, 6.07) is 13.5. The normalized spacial score (nSPS) is 11.1. The maximum absolute atomic E-state index is 5.98. The first-order valence-corrected chi connectivity index (χ1v) is 8.78. The summed E-state index contributed by atoms with van der Waals surface area (Å²) >= 11 is 0. The molecule has 0 saturated carbocycles. The predicted octanol–water partition coefficient (Wildman–Crippen LogP) is 3.60. The number of guanidine groups is 1. The number of ether oxygens (including phenoxy) is 3. The van der Waals surface area contributed by atoms with Gasteiger partial charge in [0.25, 0.3) is 0 Å². The van der Waals surface area contributed by atoms with E-state index in [0.29, 0.717) is 38.1 Å². The molecule has 0 amide bonds. The third kappa shape index (κ3) is 6.20. The van der Waals surface area contributed by atoms with Crippen LogP contribution in [-0.4, -0.2) is 32.3 Å². The number of anilines is 1. The summed E-state index contributed by atoms with van der Waals surface area (Å²) in [6.07, 6.45) is 0. The molecule has 0 unspecified atom stereocenters. The molecule has 0 aliphatic carbocycles. The molecular weight excluding hydrogens is 330 g/mol. The number of hydrogen-bond donors (Lipinski definition) is 2. The van der Waals surface area contributed by atoms with E-state index >= 15 is 0 Å². The Bertz CT molecular complexity index is 715. The maximum Gasteiger partial charge on any atom is 0.193 e. The minimum Gasteiger partial charge on any atom is -0.494 e. The zero-order valence-corrected chi connectivity index (χ0v) is 15.6. The Kier molecular flexibility index (Phi) is 7.61. The van der Waals surface area contributed by atoms with Crippen molar-refractivity contribution >= 4 is 11.6 Å². The lowest BCUT2D eigenvalue weighted by Crippen LogP contribution is -2.24. The average molecular weight is 357 g/mol. The molecular formula is C20H27N3O3. The summed E-state index contributed by atoms with van der Waals surface area (Å²) in [6.45, 7) is 7.95. The van der Waals surface area contributed by atoms with Gasteiger partial charge in [-0.15, -0.1) is 0 Å². The first-order valence-electron chi connectivity index (χ1n) is 8.78. The van der Waals surface area contributed by atoms with Gasteiger partial charge in [0, 0.05) is 6.07 Å². The van der Waals surface area contributed by atoms with Crippen LogP contribution >= 0.6 is 0 Å². The largest absolute Gasteiger partial charge is 0.494 e. The Morgan fingerprint density at radius 2 is 1.65 bits per heavy atom. The van der Waals surface area contributed by atoms with E-state index in [1.165, 1.54) is 5.56 Å². The van der Waals surface area contributed by atoms with Gasteiger partial charge in [-0.25, -0.2) is 4.99 Å². The fraction of sp³-hybridized carbons (Fsp3) is 0.350. The number of hydrogen-bond acceptors (Lipinski definition) is 4. The highest BCUT2D eigenvalue weighted by Gasteiger charge is 2.07. The number of nitrogens with one attached hydrogen (secondary N) is 1.